The van der Waals surface area contributed by atoms with Crippen LogP contribution in [0.4, 0.5) is 24.5 Å². The molecule has 9 heteroatoms. The van der Waals surface area contributed by atoms with Crippen LogP contribution in [0.1, 0.15) is 16.3 Å². The van der Waals surface area contributed by atoms with Crippen LogP contribution in [-0.2, 0) is 12.7 Å². The average Bonchev–Trinajstić information content (AvgIpc) is 2.82. The molecule has 118 valence electrons. The van der Waals surface area contributed by atoms with E-state index in [0.717, 1.165) is 17.1 Å². The zero-order valence-corrected chi connectivity index (χ0v) is 12.5. The maximum Gasteiger partial charge on any atom is 0.418 e. The molecule has 0 saturated heterocycles. The van der Waals surface area contributed by atoms with Crippen molar-refractivity contribution in [2.45, 2.75) is 19.6 Å². The number of hydrogen-bond donors (Lipinski definition) is 0. The molecule has 0 unspecified atom stereocenters. The second-order valence-electron chi connectivity index (χ2n) is 4.67. The fourth-order valence-corrected chi connectivity index (χ4v) is 2.61. The zero-order chi connectivity index (χ0) is 16.5. The molecule has 5 nitrogen and oxygen atoms in total. The Hall–Kier alpha value is -2.16. The molecule has 0 aliphatic heterocycles. The van der Waals surface area contributed by atoms with Crippen molar-refractivity contribution in [2.75, 3.05) is 11.9 Å². The molecule has 0 bridgehead atoms. The third-order valence-electron chi connectivity index (χ3n) is 2.97. The summed E-state index contributed by atoms with van der Waals surface area (Å²) >= 11 is 1.41. The first-order chi connectivity index (χ1) is 10.2. The summed E-state index contributed by atoms with van der Waals surface area (Å²) in [4.78, 5) is 15.4. The lowest BCUT2D eigenvalue weighted by molar-refractivity contribution is -0.385. The number of thiazole rings is 1. The van der Waals surface area contributed by atoms with E-state index in [2.05, 4.69) is 4.98 Å². The number of halogens is 3. The molecule has 2 aromatic rings. The maximum atomic E-state index is 13.1. The second kappa shape index (κ2) is 5.91. The van der Waals surface area contributed by atoms with Gasteiger partial charge in [0.2, 0.25) is 0 Å². The number of nitro benzene ring substituents is 1. The largest absolute Gasteiger partial charge is 0.418 e. The fourth-order valence-electron chi connectivity index (χ4n) is 2.01. The Morgan fingerprint density at radius 1 is 1.41 bits per heavy atom. The van der Waals surface area contributed by atoms with Crippen molar-refractivity contribution in [3.63, 3.8) is 0 Å². The molecule has 1 aromatic carbocycles. The standard InChI is InChI=1S/C13H12F3N3O2S/c1-8-17-9(7-22-8)6-18(2)12-4-3-10(19(20)21)5-11(12)13(14,15)16/h3-5,7H,6H2,1-2H3. The minimum Gasteiger partial charge on any atom is -0.368 e. The van der Waals surface area contributed by atoms with E-state index in [0.29, 0.717) is 11.8 Å². The van der Waals surface area contributed by atoms with E-state index in [9.17, 15) is 23.3 Å². The Labute approximate surface area is 128 Å². The molecule has 1 heterocycles. The first kappa shape index (κ1) is 16.2. The molecule has 2 rings (SSSR count). The van der Waals surface area contributed by atoms with Crippen LogP contribution in [0, 0.1) is 17.0 Å². The maximum absolute atomic E-state index is 13.1. The summed E-state index contributed by atoms with van der Waals surface area (Å²) in [6.07, 6.45) is -4.67. The van der Waals surface area contributed by atoms with Gasteiger partial charge in [-0.15, -0.1) is 11.3 Å². The average molecular weight is 331 g/mol. The second-order valence-corrected chi connectivity index (χ2v) is 5.73. The Morgan fingerprint density at radius 2 is 2.09 bits per heavy atom. The van der Waals surface area contributed by atoms with E-state index >= 15 is 0 Å². The van der Waals surface area contributed by atoms with E-state index in [1.807, 2.05) is 0 Å². The Bertz CT molecular complexity index is 700. The summed E-state index contributed by atoms with van der Waals surface area (Å²) in [5.74, 6) is 0. The van der Waals surface area contributed by atoms with Gasteiger partial charge in [0.1, 0.15) is 0 Å². The quantitative estimate of drug-likeness (QED) is 0.627. The van der Waals surface area contributed by atoms with Crippen molar-refractivity contribution in [1.29, 1.82) is 0 Å². The number of benzene rings is 1. The van der Waals surface area contributed by atoms with Gasteiger partial charge in [0.15, 0.2) is 0 Å². The summed E-state index contributed by atoms with van der Waals surface area (Å²) in [6.45, 7) is 1.99. The van der Waals surface area contributed by atoms with Crippen LogP contribution in [-0.4, -0.2) is 17.0 Å². The molecule has 0 aliphatic carbocycles. The van der Waals surface area contributed by atoms with Crippen molar-refractivity contribution in [1.82, 2.24) is 4.98 Å². The number of aromatic nitrogens is 1. The Kier molecular flexibility index (Phi) is 4.36. The van der Waals surface area contributed by atoms with Crippen LogP contribution in [0.3, 0.4) is 0 Å². The summed E-state index contributed by atoms with van der Waals surface area (Å²) in [6, 6.07) is 2.73. The molecule has 22 heavy (non-hydrogen) atoms. The van der Waals surface area contributed by atoms with Crippen molar-refractivity contribution >= 4 is 22.7 Å². The van der Waals surface area contributed by atoms with Gasteiger partial charge in [-0.3, -0.25) is 10.1 Å². The highest BCUT2D eigenvalue weighted by atomic mass is 32.1. The molecule has 0 radical (unpaired) electrons. The summed E-state index contributed by atoms with van der Waals surface area (Å²) in [7, 11) is 1.49. The first-order valence-electron chi connectivity index (χ1n) is 6.16. The summed E-state index contributed by atoms with van der Waals surface area (Å²) in [5.41, 5.74) is -1.09. The molecule has 0 fully saturated rings. The fraction of sp³-hybridized carbons (Fsp3) is 0.308. The molecule has 0 atom stereocenters. The molecule has 0 N–H and O–H groups in total. The number of non-ortho nitro benzene ring substituents is 1. The van der Waals surface area contributed by atoms with Crippen LogP contribution in [0.5, 0.6) is 0 Å². The molecule has 1 aromatic heterocycles. The van der Waals surface area contributed by atoms with E-state index in [1.54, 1.807) is 12.3 Å². The lowest BCUT2D eigenvalue weighted by Crippen LogP contribution is -2.21. The SMILES string of the molecule is Cc1nc(CN(C)c2ccc([N+](=O)[O-])cc2C(F)(F)F)cs1. The van der Waals surface area contributed by atoms with Crippen LogP contribution in [0.15, 0.2) is 23.6 Å². The van der Waals surface area contributed by atoms with Gasteiger partial charge in [-0.1, -0.05) is 0 Å². The number of hydrogen-bond acceptors (Lipinski definition) is 5. The monoisotopic (exact) mass is 331 g/mol. The first-order valence-corrected chi connectivity index (χ1v) is 7.04. The third-order valence-corrected chi connectivity index (χ3v) is 3.80. The van der Waals surface area contributed by atoms with Crippen molar-refractivity contribution in [3.05, 3.63) is 50.0 Å². The highest BCUT2D eigenvalue weighted by molar-refractivity contribution is 7.09. The van der Waals surface area contributed by atoms with Crippen molar-refractivity contribution < 1.29 is 18.1 Å². The van der Waals surface area contributed by atoms with Crippen molar-refractivity contribution in [3.8, 4) is 0 Å². The number of alkyl halides is 3. The number of aryl methyl sites for hydroxylation is 1. The number of nitro groups is 1. The predicted molar refractivity (Wildman–Crippen MR) is 77.1 cm³/mol. The smallest absolute Gasteiger partial charge is 0.368 e. The number of nitrogens with zero attached hydrogens (tertiary/aromatic N) is 3. The molecule has 0 aliphatic rings. The van der Waals surface area contributed by atoms with Crippen LogP contribution >= 0.6 is 11.3 Å². The van der Waals surface area contributed by atoms with Gasteiger partial charge in [0.05, 0.1) is 27.7 Å². The van der Waals surface area contributed by atoms with Crippen LogP contribution in [0.2, 0.25) is 0 Å². The lowest BCUT2D eigenvalue weighted by Gasteiger charge is -2.22. The van der Waals surface area contributed by atoms with E-state index in [-0.39, 0.29) is 12.2 Å². The van der Waals surface area contributed by atoms with Gasteiger partial charge >= 0.3 is 6.18 Å². The highest BCUT2D eigenvalue weighted by Crippen LogP contribution is 2.38. The van der Waals surface area contributed by atoms with Gasteiger partial charge in [-0.2, -0.15) is 13.2 Å². The van der Waals surface area contributed by atoms with Gasteiger partial charge < -0.3 is 4.90 Å². The van der Waals surface area contributed by atoms with Crippen LogP contribution < -0.4 is 4.90 Å². The summed E-state index contributed by atoms with van der Waals surface area (Å²) in [5, 5.41) is 13.3. The molecular weight excluding hydrogens is 319 g/mol. The van der Waals surface area contributed by atoms with Crippen molar-refractivity contribution in [2.24, 2.45) is 0 Å². The normalized spacial score (nSPS) is 11.5. The van der Waals surface area contributed by atoms with E-state index in [1.165, 1.54) is 23.3 Å². The van der Waals surface area contributed by atoms with Gasteiger partial charge in [-0.25, -0.2) is 4.98 Å². The third kappa shape index (κ3) is 3.53. The molecular formula is C13H12F3N3O2S. The molecule has 0 saturated carbocycles. The minimum atomic E-state index is -4.67. The zero-order valence-electron chi connectivity index (χ0n) is 11.7. The van der Waals surface area contributed by atoms with E-state index < -0.39 is 22.4 Å². The van der Waals surface area contributed by atoms with Gasteiger partial charge in [0, 0.05) is 30.2 Å². The van der Waals surface area contributed by atoms with E-state index in [4.69, 9.17) is 0 Å². The van der Waals surface area contributed by atoms with Gasteiger partial charge in [-0.05, 0) is 13.0 Å². The Balaban J connectivity index is 2.38. The lowest BCUT2D eigenvalue weighted by atomic mass is 10.1. The predicted octanol–water partition coefficient (Wildman–Crippen LogP) is 4.01. The van der Waals surface area contributed by atoms with Gasteiger partial charge in [0.25, 0.3) is 5.69 Å². The molecule has 0 amide bonds. The molecule has 0 spiro atoms. The Morgan fingerprint density at radius 3 is 2.59 bits per heavy atom. The topological polar surface area (TPSA) is 59.3 Å². The summed E-state index contributed by atoms with van der Waals surface area (Å²) < 4.78 is 39.4. The number of anilines is 1. The highest BCUT2D eigenvalue weighted by Gasteiger charge is 2.36. The van der Waals surface area contributed by atoms with Crippen LogP contribution in [0.25, 0.3) is 0 Å². The minimum absolute atomic E-state index is 0.122. The number of rotatable bonds is 4.